The SMILES string of the molecule is CCOC(=O)CN(C(=O)COC(=O)c1cccc(S(=O)(=O)N2CCCCC2)c1)c1ccccc1. The minimum absolute atomic E-state index is 0.00315. The first-order valence-electron chi connectivity index (χ1n) is 11.1. The number of sulfonamides is 1. The molecule has 0 saturated carbocycles. The van der Waals surface area contributed by atoms with Crippen molar-refractivity contribution >= 4 is 33.6 Å². The molecule has 1 heterocycles. The van der Waals surface area contributed by atoms with Gasteiger partial charge in [-0.3, -0.25) is 14.5 Å². The van der Waals surface area contributed by atoms with Crippen LogP contribution in [0.1, 0.15) is 36.5 Å². The van der Waals surface area contributed by atoms with Crippen LogP contribution in [0.3, 0.4) is 0 Å². The van der Waals surface area contributed by atoms with E-state index in [1.165, 1.54) is 33.5 Å². The first kappa shape index (κ1) is 25.4. The highest BCUT2D eigenvalue weighted by Crippen LogP contribution is 2.22. The van der Waals surface area contributed by atoms with E-state index in [1.807, 2.05) is 0 Å². The second-order valence-corrected chi connectivity index (χ2v) is 9.63. The first-order chi connectivity index (χ1) is 16.3. The van der Waals surface area contributed by atoms with Crippen molar-refractivity contribution in [1.29, 1.82) is 0 Å². The fraction of sp³-hybridized carbons (Fsp3) is 0.375. The van der Waals surface area contributed by atoms with E-state index < -0.39 is 34.5 Å². The topological polar surface area (TPSA) is 110 Å². The predicted molar refractivity (Wildman–Crippen MR) is 125 cm³/mol. The van der Waals surface area contributed by atoms with Gasteiger partial charge in [-0.1, -0.05) is 30.7 Å². The second kappa shape index (κ2) is 11.8. The maximum atomic E-state index is 12.9. The zero-order chi connectivity index (χ0) is 24.6. The maximum absolute atomic E-state index is 12.9. The minimum Gasteiger partial charge on any atom is -0.465 e. The van der Waals surface area contributed by atoms with E-state index in [0.29, 0.717) is 18.8 Å². The molecular weight excluding hydrogens is 460 g/mol. The summed E-state index contributed by atoms with van der Waals surface area (Å²) in [5.41, 5.74) is 0.466. The van der Waals surface area contributed by atoms with Gasteiger partial charge in [0.25, 0.3) is 5.91 Å². The highest BCUT2D eigenvalue weighted by atomic mass is 32.2. The monoisotopic (exact) mass is 488 g/mol. The molecule has 34 heavy (non-hydrogen) atoms. The molecule has 2 aromatic carbocycles. The number of amides is 1. The third-order valence-corrected chi connectivity index (χ3v) is 7.21. The Bertz CT molecular complexity index is 1110. The lowest BCUT2D eigenvalue weighted by Gasteiger charge is -2.26. The lowest BCUT2D eigenvalue weighted by Crippen LogP contribution is -2.39. The van der Waals surface area contributed by atoms with Gasteiger partial charge in [-0.15, -0.1) is 0 Å². The Labute approximate surface area is 199 Å². The number of benzene rings is 2. The molecule has 0 unspecified atom stereocenters. The summed E-state index contributed by atoms with van der Waals surface area (Å²) in [6.45, 7) is 1.76. The molecule has 0 atom stereocenters. The van der Waals surface area contributed by atoms with Crippen LogP contribution >= 0.6 is 0 Å². The van der Waals surface area contributed by atoms with Crippen LogP contribution < -0.4 is 4.90 Å². The molecular formula is C24H28N2O7S. The number of piperidine rings is 1. The second-order valence-electron chi connectivity index (χ2n) is 7.69. The third-order valence-electron chi connectivity index (χ3n) is 5.31. The van der Waals surface area contributed by atoms with E-state index in [0.717, 1.165) is 19.3 Å². The molecule has 0 aromatic heterocycles. The Kier molecular flexibility index (Phi) is 8.78. The van der Waals surface area contributed by atoms with Crippen molar-refractivity contribution in [2.45, 2.75) is 31.1 Å². The molecule has 9 nitrogen and oxygen atoms in total. The van der Waals surface area contributed by atoms with E-state index in [2.05, 4.69) is 0 Å². The predicted octanol–water partition coefficient (Wildman–Crippen LogP) is 2.61. The van der Waals surface area contributed by atoms with Crippen molar-refractivity contribution < 1.29 is 32.3 Å². The zero-order valence-electron chi connectivity index (χ0n) is 19.0. The van der Waals surface area contributed by atoms with Crippen LogP contribution in [0.5, 0.6) is 0 Å². The highest BCUT2D eigenvalue weighted by molar-refractivity contribution is 7.89. The molecule has 182 valence electrons. The average molecular weight is 489 g/mol. The quantitative estimate of drug-likeness (QED) is 0.499. The van der Waals surface area contributed by atoms with Gasteiger partial charge in [0.1, 0.15) is 6.54 Å². The molecule has 1 fully saturated rings. The first-order valence-corrected chi connectivity index (χ1v) is 12.6. The summed E-state index contributed by atoms with van der Waals surface area (Å²) in [6.07, 6.45) is 2.59. The number of ether oxygens (including phenoxy) is 2. The molecule has 10 heteroatoms. The van der Waals surface area contributed by atoms with E-state index in [9.17, 15) is 22.8 Å². The number of nitrogens with zero attached hydrogens (tertiary/aromatic N) is 2. The molecule has 0 spiro atoms. The number of para-hydroxylation sites is 1. The molecule has 0 N–H and O–H groups in total. The van der Waals surface area contributed by atoms with Crippen molar-refractivity contribution in [3.8, 4) is 0 Å². The molecule has 1 amide bonds. The summed E-state index contributed by atoms with van der Waals surface area (Å²) < 4.78 is 37.3. The van der Waals surface area contributed by atoms with Crippen LogP contribution in [0.25, 0.3) is 0 Å². The number of carbonyl (C=O) groups is 3. The average Bonchev–Trinajstić information content (AvgIpc) is 2.87. The fourth-order valence-electron chi connectivity index (χ4n) is 3.59. The van der Waals surface area contributed by atoms with Crippen molar-refractivity contribution in [1.82, 2.24) is 4.31 Å². The van der Waals surface area contributed by atoms with Crippen LogP contribution in [-0.4, -0.2) is 63.4 Å². The largest absolute Gasteiger partial charge is 0.465 e. The molecule has 1 aliphatic rings. The Balaban J connectivity index is 1.69. The smallest absolute Gasteiger partial charge is 0.338 e. The van der Waals surface area contributed by atoms with Crippen LogP contribution in [-0.2, 0) is 29.1 Å². The molecule has 2 aromatic rings. The summed E-state index contributed by atoms with van der Waals surface area (Å²) >= 11 is 0. The van der Waals surface area contributed by atoms with Gasteiger partial charge in [-0.05, 0) is 50.1 Å². The number of hydrogen-bond acceptors (Lipinski definition) is 7. The Morgan fingerprint density at radius 1 is 0.941 bits per heavy atom. The summed E-state index contributed by atoms with van der Waals surface area (Å²) in [7, 11) is -3.72. The molecule has 1 saturated heterocycles. The van der Waals surface area contributed by atoms with Crippen molar-refractivity contribution in [2.75, 3.05) is 37.7 Å². The van der Waals surface area contributed by atoms with Crippen molar-refractivity contribution in [3.63, 3.8) is 0 Å². The minimum atomic E-state index is -3.72. The summed E-state index contributed by atoms with van der Waals surface area (Å²) in [5, 5.41) is 0. The standard InChI is InChI=1S/C24H28N2O7S/c1-2-32-23(28)17-26(20-11-5-3-6-12-20)22(27)18-33-24(29)19-10-9-13-21(16-19)34(30,31)25-14-7-4-8-15-25/h3,5-6,9-13,16H,2,4,7-8,14-15,17-18H2,1H3. The molecule has 0 bridgehead atoms. The molecule has 3 rings (SSSR count). The molecule has 0 radical (unpaired) electrons. The fourth-order valence-corrected chi connectivity index (χ4v) is 5.16. The molecule has 1 aliphatic heterocycles. The Hall–Kier alpha value is -3.24. The van der Waals surface area contributed by atoms with E-state index in [-0.39, 0.29) is 23.6 Å². The lowest BCUT2D eigenvalue weighted by molar-refractivity contribution is -0.142. The number of anilines is 1. The van der Waals surface area contributed by atoms with Gasteiger partial charge in [0.05, 0.1) is 17.1 Å². The van der Waals surface area contributed by atoms with Gasteiger partial charge >= 0.3 is 11.9 Å². The van der Waals surface area contributed by atoms with Crippen LogP contribution in [0, 0.1) is 0 Å². The van der Waals surface area contributed by atoms with Crippen LogP contribution in [0.4, 0.5) is 5.69 Å². The zero-order valence-corrected chi connectivity index (χ0v) is 19.8. The Morgan fingerprint density at radius 3 is 2.32 bits per heavy atom. The number of hydrogen-bond donors (Lipinski definition) is 0. The third kappa shape index (κ3) is 6.42. The summed E-state index contributed by atoms with van der Waals surface area (Å²) in [4.78, 5) is 38.5. The maximum Gasteiger partial charge on any atom is 0.338 e. The normalized spacial score (nSPS) is 14.3. The summed E-state index contributed by atoms with van der Waals surface area (Å²) in [6, 6.07) is 14.1. The van der Waals surface area contributed by atoms with Crippen LogP contribution in [0.15, 0.2) is 59.5 Å². The van der Waals surface area contributed by atoms with Crippen LogP contribution in [0.2, 0.25) is 0 Å². The van der Waals surface area contributed by atoms with E-state index >= 15 is 0 Å². The number of carbonyl (C=O) groups excluding carboxylic acids is 3. The van der Waals surface area contributed by atoms with Gasteiger partial charge in [0, 0.05) is 18.8 Å². The summed E-state index contributed by atoms with van der Waals surface area (Å²) in [5.74, 6) is -2.06. The highest BCUT2D eigenvalue weighted by Gasteiger charge is 2.27. The van der Waals surface area contributed by atoms with Gasteiger partial charge in [0.2, 0.25) is 10.0 Å². The van der Waals surface area contributed by atoms with Crippen molar-refractivity contribution in [2.24, 2.45) is 0 Å². The molecule has 0 aliphatic carbocycles. The lowest BCUT2D eigenvalue weighted by atomic mass is 10.2. The van der Waals surface area contributed by atoms with Crippen molar-refractivity contribution in [3.05, 3.63) is 60.2 Å². The number of rotatable bonds is 9. The Morgan fingerprint density at radius 2 is 1.65 bits per heavy atom. The van der Waals surface area contributed by atoms with E-state index in [4.69, 9.17) is 9.47 Å². The van der Waals surface area contributed by atoms with Gasteiger partial charge in [-0.2, -0.15) is 4.31 Å². The van der Waals surface area contributed by atoms with Gasteiger partial charge in [0.15, 0.2) is 6.61 Å². The van der Waals surface area contributed by atoms with Gasteiger partial charge < -0.3 is 9.47 Å². The van der Waals surface area contributed by atoms with Gasteiger partial charge in [-0.25, -0.2) is 13.2 Å². The number of esters is 2. The van der Waals surface area contributed by atoms with E-state index in [1.54, 1.807) is 37.3 Å².